The van der Waals surface area contributed by atoms with Crippen molar-refractivity contribution in [2.75, 3.05) is 6.79 Å². The fraction of sp³-hybridized carbons (Fsp3) is 0.273. The van der Waals surface area contributed by atoms with Gasteiger partial charge in [-0.3, -0.25) is 9.59 Å². The topological polar surface area (TPSA) is 61.8 Å². The summed E-state index contributed by atoms with van der Waals surface area (Å²) in [5.41, 5.74) is 0.722. The third-order valence-electron chi connectivity index (χ3n) is 2.67. The maximum Gasteiger partial charge on any atom is 0.321 e. The molecule has 2 heterocycles. The summed E-state index contributed by atoms with van der Waals surface area (Å²) < 4.78 is 14.9. The Labute approximate surface area is 90.9 Å². The molecule has 0 aromatic heterocycles. The summed E-state index contributed by atoms with van der Waals surface area (Å²) in [4.78, 5) is 22.3. The predicted molar refractivity (Wildman–Crippen MR) is 51.0 cm³/mol. The molecule has 2 aliphatic rings. The zero-order valence-corrected chi connectivity index (χ0v) is 8.26. The molecule has 1 unspecified atom stereocenters. The van der Waals surface area contributed by atoms with Gasteiger partial charge in [-0.05, 0) is 17.7 Å². The lowest BCUT2D eigenvalue weighted by Crippen LogP contribution is -2.05. The van der Waals surface area contributed by atoms with E-state index in [-0.39, 0.29) is 13.2 Å². The fourth-order valence-corrected chi connectivity index (χ4v) is 1.86. The Bertz CT molecular complexity index is 479. The molecule has 5 heteroatoms. The molecule has 82 valence electrons. The second kappa shape index (κ2) is 3.23. The lowest BCUT2D eigenvalue weighted by atomic mass is 9.97. The van der Waals surface area contributed by atoms with Gasteiger partial charge < -0.3 is 14.2 Å². The summed E-state index contributed by atoms with van der Waals surface area (Å²) in [6.07, 6.45) is 0.0957. The van der Waals surface area contributed by atoms with E-state index in [4.69, 9.17) is 9.47 Å². The number of carbonyl (C=O) groups is 2. The molecular formula is C11H8O5. The van der Waals surface area contributed by atoms with Crippen LogP contribution in [0.2, 0.25) is 0 Å². The number of cyclic esters (lactones) is 2. The minimum Gasteiger partial charge on any atom is -0.454 e. The van der Waals surface area contributed by atoms with Crippen molar-refractivity contribution in [2.24, 2.45) is 0 Å². The molecule has 0 aliphatic carbocycles. The molecule has 0 amide bonds. The zero-order chi connectivity index (χ0) is 11.1. The summed E-state index contributed by atoms with van der Waals surface area (Å²) in [7, 11) is 0. The van der Waals surface area contributed by atoms with Crippen LogP contribution >= 0.6 is 0 Å². The summed E-state index contributed by atoms with van der Waals surface area (Å²) in [6.45, 7) is 0.187. The van der Waals surface area contributed by atoms with E-state index in [9.17, 15) is 9.59 Å². The molecule has 0 radical (unpaired) electrons. The monoisotopic (exact) mass is 220 g/mol. The van der Waals surface area contributed by atoms with Crippen molar-refractivity contribution in [3.05, 3.63) is 23.8 Å². The van der Waals surface area contributed by atoms with Crippen molar-refractivity contribution in [1.29, 1.82) is 0 Å². The van der Waals surface area contributed by atoms with Crippen LogP contribution in [0.5, 0.6) is 11.5 Å². The van der Waals surface area contributed by atoms with Gasteiger partial charge in [0.1, 0.15) is 0 Å². The summed E-state index contributed by atoms with van der Waals surface area (Å²) in [5.74, 6) is -0.232. The average molecular weight is 220 g/mol. The van der Waals surface area contributed by atoms with Gasteiger partial charge in [0.05, 0.1) is 12.3 Å². The number of hydrogen-bond acceptors (Lipinski definition) is 5. The van der Waals surface area contributed by atoms with Crippen molar-refractivity contribution in [2.45, 2.75) is 12.3 Å². The van der Waals surface area contributed by atoms with Gasteiger partial charge in [0.2, 0.25) is 6.79 Å². The van der Waals surface area contributed by atoms with Gasteiger partial charge in [-0.15, -0.1) is 0 Å². The van der Waals surface area contributed by atoms with E-state index < -0.39 is 17.9 Å². The van der Waals surface area contributed by atoms with E-state index in [2.05, 4.69) is 4.74 Å². The van der Waals surface area contributed by atoms with Crippen LogP contribution in [-0.4, -0.2) is 18.7 Å². The molecule has 0 spiro atoms. The number of hydrogen-bond donors (Lipinski definition) is 0. The number of rotatable bonds is 1. The maximum absolute atomic E-state index is 11.4. The lowest BCUT2D eigenvalue weighted by molar-refractivity contribution is -0.152. The van der Waals surface area contributed by atoms with Crippen LogP contribution in [0.15, 0.2) is 18.2 Å². The summed E-state index contributed by atoms with van der Waals surface area (Å²) >= 11 is 0. The van der Waals surface area contributed by atoms with Crippen molar-refractivity contribution < 1.29 is 23.8 Å². The molecule has 0 bridgehead atoms. The number of benzene rings is 1. The van der Waals surface area contributed by atoms with Crippen LogP contribution < -0.4 is 9.47 Å². The highest BCUT2D eigenvalue weighted by Crippen LogP contribution is 2.37. The van der Waals surface area contributed by atoms with Gasteiger partial charge in [0.15, 0.2) is 11.5 Å². The molecule has 1 atom stereocenters. The minimum absolute atomic E-state index is 0.0957. The number of esters is 2. The lowest BCUT2D eigenvalue weighted by Gasteiger charge is -2.05. The van der Waals surface area contributed by atoms with Crippen LogP contribution in [0.25, 0.3) is 0 Å². The molecule has 3 rings (SSSR count). The Kier molecular flexibility index (Phi) is 1.86. The molecule has 5 nitrogen and oxygen atoms in total. The Morgan fingerprint density at radius 1 is 1.12 bits per heavy atom. The average Bonchev–Trinajstić information content (AvgIpc) is 2.83. The van der Waals surface area contributed by atoms with E-state index >= 15 is 0 Å². The minimum atomic E-state index is -0.512. The fourth-order valence-electron chi connectivity index (χ4n) is 1.86. The highest BCUT2D eigenvalue weighted by molar-refractivity contribution is 5.97. The number of ether oxygens (including phenoxy) is 3. The first-order valence-corrected chi connectivity index (χ1v) is 4.88. The van der Waals surface area contributed by atoms with Crippen molar-refractivity contribution >= 4 is 11.9 Å². The number of carbonyl (C=O) groups excluding carboxylic acids is 2. The van der Waals surface area contributed by atoms with Crippen LogP contribution in [0.4, 0.5) is 0 Å². The molecular weight excluding hydrogens is 212 g/mol. The van der Waals surface area contributed by atoms with Gasteiger partial charge in [0.25, 0.3) is 0 Å². The zero-order valence-electron chi connectivity index (χ0n) is 8.26. The summed E-state index contributed by atoms with van der Waals surface area (Å²) in [5, 5.41) is 0. The van der Waals surface area contributed by atoms with E-state index in [1.54, 1.807) is 18.2 Å². The Morgan fingerprint density at radius 2 is 1.94 bits per heavy atom. The van der Waals surface area contributed by atoms with E-state index in [1.165, 1.54) is 0 Å². The first kappa shape index (κ1) is 9.21. The van der Waals surface area contributed by atoms with E-state index in [0.717, 1.165) is 5.56 Å². The van der Waals surface area contributed by atoms with Gasteiger partial charge in [-0.1, -0.05) is 6.07 Å². The molecule has 2 aliphatic heterocycles. The van der Waals surface area contributed by atoms with Crippen LogP contribution in [0.1, 0.15) is 17.9 Å². The van der Waals surface area contributed by atoms with Crippen molar-refractivity contribution in [1.82, 2.24) is 0 Å². The van der Waals surface area contributed by atoms with Crippen LogP contribution in [-0.2, 0) is 14.3 Å². The first-order chi connectivity index (χ1) is 7.74. The van der Waals surface area contributed by atoms with Crippen molar-refractivity contribution in [3.63, 3.8) is 0 Å². The number of fused-ring (bicyclic) bond motifs is 1. The molecule has 16 heavy (non-hydrogen) atoms. The standard InChI is InChI=1S/C11H8O5/c12-10-4-7(11(13)16-10)6-1-2-8-9(3-6)15-5-14-8/h1-3,7H,4-5H2. The second-order valence-corrected chi connectivity index (χ2v) is 3.66. The smallest absolute Gasteiger partial charge is 0.321 e. The highest BCUT2D eigenvalue weighted by Gasteiger charge is 2.35. The highest BCUT2D eigenvalue weighted by atomic mass is 16.7. The van der Waals surface area contributed by atoms with E-state index in [0.29, 0.717) is 11.5 Å². The molecule has 1 saturated heterocycles. The van der Waals surface area contributed by atoms with Gasteiger partial charge >= 0.3 is 11.9 Å². The third kappa shape index (κ3) is 1.32. The van der Waals surface area contributed by atoms with Gasteiger partial charge in [0, 0.05) is 0 Å². The van der Waals surface area contributed by atoms with Gasteiger partial charge in [-0.25, -0.2) is 0 Å². The largest absolute Gasteiger partial charge is 0.454 e. The Balaban J connectivity index is 1.95. The molecule has 0 saturated carbocycles. The molecule has 1 aromatic rings. The first-order valence-electron chi connectivity index (χ1n) is 4.88. The Morgan fingerprint density at radius 3 is 2.69 bits per heavy atom. The quantitative estimate of drug-likeness (QED) is 0.521. The van der Waals surface area contributed by atoms with E-state index in [1.807, 2.05) is 0 Å². The molecule has 0 N–H and O–H groups in total. The molecule has 1 aromatic carbocycles. The maximum atomic E-state index is 11.4. The SMILES string of the molecule is O=C1CC(c2ccc3c(c2)OCO3)C(=O)O1. The van der Waals surface area contributed by atoms with Crippen LogP contribution in [0, 0.1) is 0 Å². The van der Waals surface area contributed by atoms with Crippen molar-refractivity contribution in [3.8, 4) is 11.5 Å². The van der Waals surface area contributed by atoms with Gasteiger partial charge in [-0.2, -0.15) is 0 Å². The predicted octanol–water partition coefficient (Wildman–Crippen LogP) is 0.972. The third-order valence-corrected chi connectivity index (χ3v) is 2.67. The summed E-state index contributed by atoms with van der Waals surface area (Å²) in [6, 6.07) is 5.19. The molecule has 1 fully saturated rings. The Hall–Kier alpha value is -2.04. The normalized spacial score (nSPS) is 22.4. The van der Waals surface area contributed by atoms with Crippen LogP contribution in [0.3, 0.4) is 0 Å². The second-order valence-electron chi connectivity index (χ2n) is 3.66.